The van der Waals surface area contributed by atoms with Gasteiger partial charge in [-0.05, 0) is 26.0 Å². The highest BCUT2D eigenvalue weighted by Gasteiger charge is 2.12. The summed E-state index contributed by atoms with van der Waals surface area (Å²) in [5.74, 6) is 0.110. The lowest BCUT2D eigenvalue weighted by molar-refractivity contribution is 0.102. The molecule has 2 N–H and O–H groups in total. The number of aromatic amines is 1. The average molecular weight is 216 g/mol. The molecule has 5 heteroatoms. The van der Waals surface area contributed by atoms with Crippen LogP contribution in [-0.4, -0.2) is 20.9 Å². The van der Waals surface area contributed by atoms with E-state index in [9.17, 15) is 4.79 Å². The second-order valence-corrected chi connectivity index (χ2v) is 3.52. The molecule has 0 unspecified atom stereocenters. The number of rotatable bonds is 2. The molecule has 16 heavy (non-hydrogen) atoms. The van der Waals surface area contributed by atoms with Crippen LogP contribution in [0.1, 0.15) is 21.7 Å². The van der Waals surface area contributed by atoms with E-state index < -0.39 is 0 Å². The second kappa shape index (κ2) is 4.14. The third-order valence-electron chi connectivity index (χ3n) is 2.19. The van der Waals surface area contributed by atoms with Gasteiger partial charge in [0.25, 0.3) is 5.91 Å². The minimum absolute atomic E-state index is 0.201. The third-order valence-corrected chi connectivity index (χ3v) is 2.19. The Kier molecular flexibility index (Phi) is 2.68. The van der Waals surface area contributed by atoms with Gasteiger partial charge in [-0.1, -0.05) is 0 Å². The van der Waals surface area contributed by atoms with Crippen molar-refractivity contribution in [1.82, 2.24) is 15.0 Å². The summed E-state index contributed by atoms with van der Waals surface area (Å²) in [6.07, 6.45) is 3.16. The second-order valence-electron chi connectivity index (χ2n) is 3.52. The number of carbonyl (C=O) groups excluding carboxylic acids is 1. The number of aryl methyl sites for hydroxylation is 2. The van der Waals surface area contributed by atoms with Crippen LogP contribution in [0.25, 0.3) is 0 Å². The third kappa shape index (κ3) is 2.08. The summed E-state index contributed by atoms with van der Waals surface area (Å²) in [5.41, 5.74) is 2.41. The van der Waals surface area contributed by atoms with Crippen molar-refractivity contribution in [2.24, 2.45) is 0 Å². The van der Waals surface area contributed by atoms with Crippen LogP contribution in [-0.2, 0) is 0 Å². The van der Waals surface area contributed by atoms with Crippen molar-refractivity contribution in [3.63, 3.8) is 0 Å². The molecule has 0 spiro atoms. The Morgan fingerprint density at radius 1 is 1.31 bits per heavy atom. The number of hydrogen-bond acceptors (Lipinski definition) is 3. The lowest BCUT2D eigenvalue weighted by atomic mass is 10.2. The predicted octanol–water partition coefficient (Wildman–Crippen LogP) is 1.67. The van der Waals surface area contributed by atoms with Gasteiger partial charge in [0.05, 0.1) is 5.56 Å². The van der Waals surface area contributed by atoms with Crippen LogP contribution in [0.15, 0.2) is 24.5 Å². The molecule has 82 valence electrons. The van der Waals surface area contributed by atoms with Gasteiger partial charge < -0.3 is 4.98 Å². The fraction of sp³-hybridized carbons (Fsp3) is 0.182. The van der Waals surface area contributed by atoms with Gasteiger partial charge in [-0.2, -0.15) is 0 Å². The van der Waals surface area contributed by atoms with Crippen LogP contribution >= 0.6 is 0 Å². The molecule has 0 aliphatic heterocycles. The molecule has 0 aliphatic rings. The molecule has 2 aromatic rings. The number of H-pyrrole nitrogens is 1. The first-order chi connectivity index (χ1) is 7.66. The summed E-state index contributed by atoms with van der Waals surface area (Å²) < 4.78 is 0. The molecule has 0 atom stereocenters. The molecule has 0 saturated heterocycles. The molecular weight excluding hydrogens is 204 g/mol. The van der Waals surface area contributed by atoms with Crippen LogP contribution in [0.5, 0.6) is 0 Å². The zero-order valence-corrected chi connectivity index (χ0v) is 9.11. The first-order valence-electron chi connectivity index (χ1n) is 4.91. The highest BCUT2D eigenvalue weighted by atomic mass is 16.1. The van der Waals surface area contributed by atoms with Gasteiger partial charge in [0.2, 0.25) is 5.95 Å². The Balaban J connectivity index is 2.18. The molecule has 0 fully saturated rings. The molecule has 5 nitrogen and oxygen atoms in total. The monoisotopic (exact) mass is 216 g/mol. The number of nitrogens with one attached hydrogen (secondary N) is 2. The van der Waals surface area contributed by atoms with Gasteiger partial charge in [-0.15, -0.1) is 0 Å². The molecule has 2 rings (SSSR count). The van der Waals surface area contributed by atoms with Crippen molar-refractivity contribution in [2.75, 3.05) is 5.32 Å². The van der Waals surface area contributed by atoms with Gasteiger partial charge in [-0.3, -0.25) is 10.1 Å². The molecule has 0 radical (unpaired) electrons. The maximum absolute atomic E-state index is 11.8. The van der Waals surface area contributed by atoms with E-state index in [4.69, 9.17) is 0 Å². The standard InChI is InChI=1S/C11H12N4O/c1-7-6-9(8(2)14-7)10(16)15-11-12-4-3-5-13-11/h3-6,14H,1-2H3,(H,12,13,15,16). The number of amides is 1. The van der Waals surface area contributed by atoms with E-state index in [0.717, 1.165) is 11.4 Å². The van der Waals surface area contributed by atoms with Crippen LogP contribution in [0, 0.1) is 13.8 Å². The lowest BCUT2D eigenvalue weighted by Crippen LogP contribution is -2.14. The van der Waals surface area contributed by atoms with E-state index in [1.54, 1.807) is 24.5 Å². The van der Waals surface area contributed by atoms with Crippen LogP contribution < -0.4 is 5.32 Å². The molecule has 0 saturated carbocycles. The minimum Gasteiger partial charge on any atom is -0.362 e. The van der Waals surface area contributed by atoms with Gasteiger partial charge in [0, 0.05) is 23.8 Å². The largest absolute Gasteiger partial charge is 0.362 e. The van der Waals surface area contributed by atoms with Crippen molar-refractivity contribution in [3.8, 4) is 0 Å². The zero-order chi connectivity index (χ0) is 11.5. The summed E-state index contributed by atoms with van der Waals surface area (Å²) in [6, 6.07) is 3.49. The molecule has 0 aromatic carbocycles. The quantitative estimate of drug-likeness (QED) is 0.802. The normalized spacial score (nSPS) is 10.1. The molecule has 0 bridgehead atoms. The highest BCUT2D eigenvalue weighted by molar-refractivity contribution is 6.04. The van der Waals surface area contributed by atoms with Crippen molar-refractivity contribution in [2.45, 2.75) is 13.8 Å². The Morgan fingerprint density at radius 2 is 2.00 bits per heavy atom. The Hall–Kier alpha value is -2.17. The highest BCUT2D eigenvalue weighted by Crippen LogP contribution is 2.10. The first kappa shape index (κ1) is 10.4. The fourth-order valence-electron chi connectivity index (χ4n) is 1.49. The number of hydrogen-bond donors (Lipinski definition) is 2. The van der Waals surface area contributed by atoms with E-state index in [0.29, 0.717) is 11.5 Å². The van der Waals surface area contributed by atoms with Crippen LogP contribution in [0.4, 0.5) is 5.95 Å². The van der Waals surface area contributed by atoms with Crippen LogP contribution in [0.3, 0.4) is 0 Å². The van der Waals surface area contributed by atoms with E-state index in [1.165, 1.54) is 0 Å². The summed E-state index contributed by atoms with van der Waals surface area (Å²) in [6.45, 7) is 3.76. The molecule has 0 aliphatic carbocycles. The van der Waals surface area contributed by atoms with E-state index >= 15 is 0 Å². The maximum Gasteiger partial charge on any atom is 0.259 e. The van der Waals surface area contributed by atoms with Gasteiger partial charge in [0.1, 0.15) is 0 Å². The van der Waals surface area contributed by atoms with E-state index in [-0.39, 0.29) is 5.91 Å². The topological polar surface area (TPSA) is 70.7 Å². The minimum atomic E-state index is -0.201. The molecule has 1 amide bonds. The van der Waals surface area contributed by atoms with Crippen LogP contribution in [0.2, 0.25) is 0 Å². The first-order valence-corrected chi connectivity index (χ1v) is 4.91. The summed E-state index contributed by atoms with van der Waals surface area (Å²) in [7, 11) is 0. The van der Waals surface area contributed by atoms with Gasteiger partial charge in [-0.25, -0.2) is 9.97 Å². The van der Waals surface area contributed by atoms with Crippen molar-refractivity contribution in [1.29, 1.82) is 0 Å². The number of anilines is 1. The number of aromatic nitrogens is 3. The summed E-state index contributed by atoms with van der Waals surface area (Å²) in [5, 5.41) is 2.63. The van der Waals surface area contributed by atoms with Crippen molar-refractivity contribution < 1.29 is 4.79 Å². The molecular formula is C11H12N4O. The number of nitrogens with zero attached hydrogens (tertiary/aromatic N) is 2. The van der Waals surface area contributed by atoms with Crippen molar-refractivity contribution >= 4 is 11.9 Å². The summed E-state index contributed by atoms with van der Waals surface area (Å²) >= 11 is 0. The predicted molar refractivity (Wildman–Crippen MR) is 60.3 cm³/mol. The average Bonchev–Trinajstić information content (AvgIpc) is 2.59. The lowest BCUT2D eigenvalue weighted by Gasteiger charge is -2.01. The zero-order valence-electron chi connectivity index (χ0n) is 9.11. The Bertz CT molecular complexity index is 504. The smallest absolute Gasteiger partial charge is 0.259 e. The maximum atomic E-state index is 11.8. The van der Waals surface area contributed by atoms with Crippen molar-refractivity contribution in [3.05, 3.63) is 41.5 Å². The van der Waals surface area contributed by atoms with Gasteiger partial charge in [0.15, 0.2) is 0 Å². The SMILES string of the molecule is Cc1cc(C(=O)Nc2ncccn2)c(C)[nH]1. The van der Waals surface area contributed by atoms with E-state index in [1.807, 2.05) is 13.8 Å². The van der Waals surface area contributed by atoms with E-state index in [2.05, 4.69) is 20.3 Å². The summed E-state index contributed by atoms with van der Waals surface area (Å²) in [4.78, 5) is 22.8. The molecule has 2 heterocycles. The Labute approximate surface area is 92.9 Å². The number of carbonyl (C=O) groups is 1. The molecule has 2 aromatic heterocycles. The Morgan fingerprint density at radius 3 is 2.56 bits per heavy atom. The fourth-order valence-corrected chi connectivity index (χ4v) is 1.49. The van der Waals surface area contributed by atoms with Gasteiger partial charge >= 0.3 is 0 Å².